The van der Waals surface area contributed by atoms with Crippen molar-refractivity contribution in [2.24, 2.45) is 5.73 Å². The van der Waals surface area contributed by atoms with Crippen LogP contribution in [0, 0.1) is 0 Å². The molecule has 1 aliphatic rings. The fourth-order valence-electron chi connectivity index (χ4n) is 2.78. The van der Waals surface area contributed by atoms with Crippen LogP contribution in [0.15, 0.2) is 42.5 Å². The number of hydrogen-bond acceptors (Lipinski definition) is 2. The lowest BCUT2D eigenvalue weighted by Gasteiger charge is -2.08. The molecule has 0 heterocycles. The first-order valence-corrected chi connectivity index (χ1v) is 7.44. The van der Waals surface area contributed by atoms with E-state index in [0.717, 1.165) is 30.9 Å². The molecule has 0 bridgehead atoms. The lowest BCUT2D eigenvalue weighted by molar-refractivity contribution is 0.482. The molecule has 0 atom stereocenters. The zero-order valence-electron chi connectivity index (χ0n) is 11.8. The quantitative estimate of drug-likeness (QED) is 0.892. The van der Waals surface area contributed by atoms with Gasteiger partial charge in [-0.05, 0) is 79.6 Å². The minimum atomic E-state index is 0.743. The Labute approximate surface area is 120 Å². The van der Waals surface area contributed by atoms with Crippen molar-refractivity contribution in [2.75, 3.05) is 6.54 Å². The zero-order valence-corrected chi connectivity index (χ0v) is 11.8. The molecule has 0 spiro atoms. The molecule has 2 aromatic carbocycles. The highest BCUT2D eigenvalue weighted by molar-refractivity contribution is 5.41. The Hall–Kier alpha value is -1.80. The first kappa shape index (κ1) is 13.2. The summed E-state index contributed by atoms with van der Waals surface area (Å²) in [5, 5.41) is 0. The largest absolute Gasteiger partial charge is 0.457 e. The van der Waals surface area contributed by atoms with Crippen molar-refractivity contribution in [2.45, 2.75) is 32.1 Å². The summed E-state index contributed by atoms with van der Waals surface area (Å²) in [4.78, 5) is 0. The van der Waals surface area contributed by atoms with Crippen molar-refractivity contribution in [1.82, 2.24) is 0 Å². The van der Waals surface area contributed by atoms with Crippen molar-refractivity contribution >= 4 is 0 Å². The maximum Gasteiger partial charge on any atom is 0.127 e. The Morgan fingerprint density at radius 2 is 1.65 bits per heavy atom. The van der Waals surface area contributed by atoms with Gasteiger partial charge >= 0.3 is 0 Å². The average molecular weight is 267 g/mol. The Morgan fingerprint density at radius 3 is 2.45 bits per heavy atom. The van der Waals surface area contributed by atoms with Crippen LogP contribution in [0.5, 0.6) is 11.5 Å². The highest BCUT2D eigenvalue weighted by atomic mass is 16.5. The number of nitrogens with two attached hydrogens (primary N) is 1. The number of ether oxygens (including phenoxy) is 1. The van der Waals surface area contributed by atoms with Crippen molar-refractivity contribution < 1.29 is 4.74 Å². The molecular formula is C18H21NO. The molecule has 0 radical (unpaired) electrons. The maximum atomic E-state index is 5.94. The van der Waals surface area contributed by atoms with Crippen LogP contribution in [0.4, 0.5) is 0 Å². The number of fused-ring (bicyclic) bond motifs is 1. The van der Waals surface area contributed by atoms with Crippen LogP contribution in [0.25, 0.3) is 0 Å². The molecule has 2 nitrogen and oxygen atoms in total. The lowest BCUT2D eigenvalue weighted by atomic mass is 10.1. The minimum Gasteiger partial charge on any atom is -0.457 e. The SMILES string of the molecule is NCCCc1ccc(Oc2ccc3c(c2)CCC3)cc1. The van der Waals surface area contributed by atoms with Gasteiger partial charge in [0.25, 0.3) is 0 Å². The fourth-order valence-corrected chi connectivity index (χ4v) is 2.78. The zero-order chi connectivity index (χ0) is 13.8. The molecule has 0 amide bonds. The Bertz CT molecular complexity index is 574. The van der Waals surface area contributed by atoms with Gasteiger partial charge in [0.1, 0.15) is 11.5 Å². The first-order chi connectivity index (χ1) is 9.85. The minimum absolute atomic E-state index is 0.743. The molecule has 20 heavy (non-hydrogen) atoms. The number of rotatable bonds is 5. The third kappa shape index (κ3) is 3.02. The van der Waals surface area contributed by atoms with Crippen molar-refractivity contribution in [3.05, 3.63) is 59.2 Å². The Kier molecular flexibility index (Phi) is 4.03. The molecular weight excluding hydrogens is 246 g/mol. The van der Waals surface area contributed by atoms with E-state index >= 15 is 0 Å². The van der Waals surface area contributed by atoms with Gasteiger partial charge < -0.3 is 10.5 Å². The summed E-state index contributed by atoms with van der Waals surface area (Å²) in [6.07, 6.45) is 5.74. The van der Waals surface area contributed by atoms with Gasteiger partial charge in [0.15, 0.2) is 0 Å². The van der Waals surface area contributed by atoms with E-state index in [1.54, 1.807) is 0 Å². The summed E-state index contributed by atoms with van der Waals surface area (Å²) in [5.41, 5.74) is 9.77. The van der Waals surface area contributed by atoms with Gasteiger partial charge in [0.05, 0.1) is 0 Å². The molecule has 104 valence electrons. The van der Waals surface area contributed by atoms with Crippen LogP contribution in [0.2, 0.25) is 0 Å². The predicted molar refractivity (Wildman–Crippen MR) is 82.4 cm³/mol. The molecule has 2 aromatic rings. The predicted octanol–water partition coefficient (Wildman–Crippen LogP) is 3.86. The van der Waals surface area contributed by atoms with Crippen LogP contribution in [0.1, 0.15) is 29.5 Å². The van der Waals surface area contributed by atoms with E-state index in [1.165, 1.54) is 36.0 Å². The molecule has 0 saturated carbocycles. The van der Waals surface area contributed by atoms with E-state index in [4.69, 9.17) is 10.5 Å². The average Bonchev–Trinajstić information content (AvgIpc) is 2.94. The maximum absolute atomic E-state index is 5.94. The summed E-state index contributed by atoms with van der Waals surface area (Å²) in [6.45, 7) is 0.743. The third-order valence-electron chi connectivity index (χ3n) is 3.90. The molecule has 1 aliphatic carbocycles. The van der Waals surface area contributed by atoms with E-state index in [1.807, 2.05) is 12.1 Å². The highest BCUT2D eigenvalue weighted by Gasteiger charge is 2.11. The van der Waals surface area contributed by atoms with E-state index in [2.05, 4.69) is 30.3 Å². The normalized spacial score (nSPS) is 13.2. The summed E-state index contributed by atoms with van der Waals surface area (Å²) in [5.74, 6) is 1.85. The van der Waals surface area contributed by atoms with Crippen LogP contribution in [-0.2, 0) is 19.3 Å². The topological polar surface area (TPSA) is 35.2 Å². The molecule has 2 heteroatoms. The van der Waals surface area contributed by atoms with Crippen LogP contribution < -0.4 is 10.5 Å². The number of aryl methyl sites for hydroxylation is 3. The van der Waals surface area contributed by atoms with Crippen LogP contribution >= 0.6 is 0 Å². The van der Waals surface area contributed by atoms with E-state index in [-0.39, 0.29) is 0 Å². The van der Waals surface area contributed by atoms with Crippen molar-refractivity contribution in [3.63, 3.8) is 0 Å². The van der Waals surface area contributed by atoms with Crippen molar-refractivity contribution in [1.29, 1.82) is 0 Å². The summed E-state index contributed by atoms with van der Waals surface area (Å²) < 4.78 is 5.94. The number of benzene rings is 2. The summed E-state index contributed by atoms with van der Waals surface area (Å²) in [7, 11) is 0. The van der Waals surface area contributed by atoms with E-state index in [9.17, 15) is 0 Å². The molecule has 2 N–H and O–H groups in total. The smallest absolute Gasteiger partial charge is 0.127 e. The van der Waals surface area contributed by atoms with Crippen molar-refractivity contribution in [3.8, 4) is 11.5 Å². The van der Waals surface area contributed by atoms with Gasteiger partial charge in [-0.1, -0.05) is 18.2 Å². The van der Waals surface area contributed by atoms with Crippen LogP contribution in [-0.4, -0.2) is 6.54 Å². The molecule has 0 saturated heterocycles. The highest BCUT2D eigenvalue weighted by Crippen LogP contribution is 2.29. The van der Waals surface area contributed by atoms with Gasteiger partial charge in [-0.25, -0.2) is 0 Å². The molecule has 0 aliphatic heterocycles. The second-order valence-electron chi connectivity index (χ2n) is 5.42. The number of hydrogen-bond donors (Lipinski definition) is 1. The molecule has 3 rings (SSSR count). The van der Waals surface area contributed by atoms with E-state index < -0.39 is 0 Å². The lowest BCUT2D eigenvalue weighted by Crippen LogP contribution is -2.00. The van der Waals surface area contributed by atoms with Gasteiger partial charge in [-0.2, -0.15) is 0 Å². The molecule has 0 aromatic heterocycles. The van der Waals surface area contributed by atoms with Gasteiger partial charge in [-0.15, -0.1) is 0 Å². The van der Waals surface area contributed by atoms with Crippen LogP contribution in [0.3, 0.4) is 0 Å². The Morgan fingerprint density at radius 1 is 0.900 bits per heavy atom. The van der Waals surface area contributed by atoms with Gasteiger partial charge in [-0.3, -0.25) is 0 Å². The van der Waals surface area contributed by atoms with Gasteiger partial charge in [0.2, 0.25) is 0 Å². The van der Waals surface area contributed by atoms with Gasteiger partial charge in [0, 0.05) is 0 Å². The van der Waals surface area contributed by atoms with E-state index in [0.29, 0.717) is 0 Å². The second-order valence-corrected chi connectivity index (χ2v) is 5.42. The second kappa shape index (κ2) is 6.10. The summed E-state index contributed by atoms with van der Waals surface area (Å²) >= 11 is 0. The summed E-state index contributed by atoms with van der Waals surface area (Å²) in [6, 6.07) is 14.8. The fraction of sp³-hybridized carbons (Fsp3) is 0.333. The standard InChI is InChI=1S/C18H21NO/c19-12-2-3-14-6-9-17(10-7-14)20-18-11-8-15-4-1-5-16(15)13-18/h6-11,13H,1-5,12,19H2. The molecule has 0 unspecified atom stereocenters. The third-order valence-corrected chi connectivity index (χ3v) is 3.90. The first-order valence-electron chi connectivity index (χ1n) is 7.44. The monoisotopic (exact) mass is 267 g/mol. The Balaban J connectivity index is 1.68. The molecule has 0 fully saturated rings.